The van der Waals surface area contributed by atoms with Gasteiger partial charge in [-0.15, -0.1) is 11.8 Å². The molecule has 2 aromatic rings. The zero-order chi connectivity index (χ0) is 15.4. The Morgan fingerprint density at radius 2 is 2.05 bits per heavy atom. The Labute approximate surface area is 132 Å². The Morgan fingerprint density at radius 3 is 2.71 bits per heavy atom. The maximum absolute atomic E-state index is 11.1. The number of carboxylic acid groups (broad SMARTS) is 1. The SMILES string of the molecule is COc1ccc(Cl)cc1CSc1ccc(C)c(C(=O)O)c1. The van der Waals surface area contributed by atoms with Crippen LogP contribution in [0.15, 0.2) is 41.3 Å². The maximum atomic E-state index is 11.1. The number of methoxy groups -OCH3 is 1. The Balaban J connectivity index is 2.19. The van der Waals surface area contributed by atoms with Crippen LogP contribution in [0, 0.1) is 6.92 Å². The van der Waals surface area contributed by atoms with E-state index in [1.165, 1.54) is 0 Å². The number of halogens is 1. The third-order valence-electron chi connectivity index (χ3n) is 3.08. The number of aryl methyl sites for hydroxylation is 1. The lowest BCUT2D eigenvalue weighted by Crippen LogP contribution is -1.99. The van der Waals surface area contributed by atoms with E-state index in [1.807, 2.05) is 24.3 Å². The highest BCUT2D eigenvalue weighted by Gasteiger charge is 2.09. The first-order valence-corrected chi connectivity index (χ1v) is 7.67. The number of hydrogen-bond acceptors (Lipinski definition) is 3. The molecule has 0 saturated heterocycles. The van der Waals surface area contributed by atoms with Gasteiger partial charge in [0.1, 0.15) is 5.75 Å². The largest absolute Gasteiger partial charge is 0.496 e. The fraction of sp³-hybridized carbons (Fsp3) is 0.188. The number of carboxylic acids is 1. The number of thioether (sulfide) groups is 1. The molecule has 0 atom stereocenters. The van der Waals surface area contributed by atoms with Crippen molar-refractivity contribution in [3.05, 3.63) is 58.1 Å². The first-order valence-electron chi connectivity index (χ1n) is 6.30. The molecule has 0 radical (unpaired) electrons. The second-order valence-corrected chi connectivity index (χ2v) is 6.01. The number of rotatable bonds is 5. The van der Waals surface area contributed by atoms with Gasteiger partial charge in [-0.25, -0.2) is 4.79 Å². The molecule has 0 bridgehead atoms. The predicted molar refractivity (Wildman–Crippen MR) is 85.7 cm³/mol. The minimum absolute atomic E-state index is 0.332. The van der Waals surface area contributed by atoms with E-state index < -0.39 is 5.97 Å². The minimum Gasteiger partial charge on any atom is -0.496 e. The highest BCUT2D eigenvalue weighted by atomic mass is 35.5. The molecule has 0 amide bonds. The van der Waals surface area contributed by atoms with Crippen molar-refractivity contribution < 1.29 is 14.6 Å². The number of carbonyl (C=O) groups is 1. The summed E-state index contributed by atoms with van der Waals surface area (Å²) < 4.78 is 5.30. The molecule has 0 fully saturated rings. The van der Waals surface area contributed by atoms with Crippen molar-refractivity contribution in [1.82, 2.24) is 0 Å². The van der Waals surface area contributed by atoms with Crippen molar-refractivity contribution in [3.63, 3.8) is 0 Å². The molecule has 0 aliphatic heterocycles. The van der Waals surface area contributed by atoms with Crippen molar-refractivity contribution >= 4 is 29.3 Å². The van der Waals surface area contributed by atoms with Crippen LogP contribution in [-0.2, 0) is 5.75 Å². The van der Waals surface area contributed by atoms with Gasteiger partial charge in [-0.1, -0.05) is 17.7 Å². The highest BCUT2D eigenvalue weighted by Crippen LogP contribution is 2.30. The van der Waals surface area contributed by atoms with Crippen LogP contribution in [-0.4, -0.2) is 18.2 Å². The molecule has 0 heterocycles. The van der Waals surface area contributed by atoms with Gasteiger partial charge < -0.3 is 9.84 Å². The number of benzene rings is 2. The van der Waals surface area contributed by atoms with Crippen LogP contribution in [0.25, 0.3) is 0 Å². The Bertz CT molecular complexity index is 671. The summed E-state index contributed by atoms with van der Waals surface area (Å²) >= 11 is 7.55. The topological polar surface area (TPSA) is 46.5 Å². The summed E-state index contributed by atoms with van der Waals surface area (Å²) in [6, 6.07) is 10.9. The van der Waals surface area contributed by atoms with Crippen LogP contribution < -0.4 is 4.74 Å². The van der Waals surface area contributed by atoms with Gasteiger partial charge in [-0.05, 0) is 42.8 Å². The predicted octanol–water partition coefficient (Wildman–Crippen LogP) is 4.65. The third kappa shape index (κ3) is 3.93. The normalized spacial score (nSPS) is 10.4. The van der Waals surface area contributed by atoms with Gasteiger partial charge in [0.2, 0.25) is 0 Å². The summed E-state index contributed by atoms with van der Waals surface area (Å²) in [5.74, 6) is 0.527. The molecule has 110 valence electrons. The second kappa shape index (κ2) is 6.87. The zero-order valence-corrected chi connectivity index (χ0v) is 13.3. The van der Waals surface area contributed by atoms with Crippen molar-refractivity contribution in [2.24, 2.45) is 0 Å². The maximum Gasteiger partial charge on any atom is 0.335 e. The van der Waals surface area contributed by atoms with Crippen LogP contribution in [0.5, 0.6) is 5.75 Å². The zero-order valence-electron chi connectivity index (χ0n) is 11.7. The quantitative estimate of drug-likeness (QED) is 0.814. The number of ether oxygens (including phenoxy) is 1. The minimum atomic E-state index is -0.907. The second-order valence-electron chi connectivity index (χ2n) is 4.53. The molecule has 0 aliphatic rings. The van der Waals surface area contributed by atoms with Crippen LogP contribution in [0.3, 0.4) is 0 Å². The summed E-state index contributed by atoms with van der Waals surface area (Å²) in [6.45, 7) is 1.79. The van der Waals surface area contributed by atoms with Gasteiger partial charge in [-0.2, -0.15) is 0 Å². The van der Waals surface area contributed by atoms with E-state index in [-0.39, 0.29) is 0 Å². The van der Waals surface area contributed by atoms with Crippen LogP contribution in [0.4, 0.5) is 0 Å². The lowest BCUT2D eigenvalue weighted by atomic mass is 10.1. The smallest absolute Gasteiger partial charge is 0.335 e. The highest BCUT2D eigenvalue weighted by molar-refractivity contribution is 7.98. The van der Waals surface area contributed by atoms with Crippen molar-refractivity contribution in [2.75, 3.05) is 7.11 Å². The molecule has 0 aliphatic carbocycles. The van der Waals surface area contributed by atoms with Gasteiger partial charge in [0.25, 0.3) is 0 Å². The number of aromatic carboxylic acids is 1. The van der Waals surface area contributed by atoms with Crippen molar-refractivity contribution in [3.8, 4) is 5.75 Å². The van der Waals surface area contributed by atoms with Gasteiger partial charge in [0.05, 0.1) is 12.7 Å². The van der Waals surface area contributed by atoms with E-state index in [0.29, 0.717) is 16.3 Å². The molecule has 0 saturated carbocycles. The fourth-order valence-electron chi connectivity index (χ4n) is 1.94. The monoisotopic (exact) mass is 322 g/mol. The van der Waals surface area contributed by atoms with Crippen LogP contribution >= 0.6 is 23.4 Å². The first kappa shape index (κ1) is 15.7. The summed E-state index contributed by atoms with van der Waals surface area (Å²) in [6.07, 6.45) is 0. The van der Waals surface area contributed by atoms with Crippen molar-refractivity contribution in [2.45, 2.75) is 17.6 Å². The molecular weight excluding hydrogens is 308 g/mol. The average molecular weight is 323 g/mol. The molecule has 21 heavy (non-hydrogen) atoms. The molecule has 3 nitrogen and oxygen atoms in total. The van der Waals surface area contributed by atoms with Gasteiger partial charge in [-0.3, -0.25) is 0 Å². The first-order chi connectivity index (χ1) is 10.0. The van der Waals surface area contributed by atoms with E-state index in [4.69, 9.17) is 21.4 Å². The standard InChI is InChI=1S/C16H15ClO3S/c1-10-3-5-13(8-14(10)16(18)19)21-9-11-7-12(17)4-6-15(11)20-2/h3-8H,9H2,1-2H3,(H,18,19). The molecule has 0 unspecified atom stereocenters. The van der Waals surface area contributed by atoms with E-state index in [2.05, 4.69) is 0 Å². The summed E-state index contributed by atoms with van der Waals surface area (Å²) in [7, 11) is 1.62. The molecule has 0 aromatic heterocycles. The molecule has 0 spiro atoms. The van der Waals surface area contributed by atoms with Crippen LogP contribution in [0.1, 0.15) is 21.5 Å². The lowest BCUT2D eigenvalue weighted by Gasteiger charge is -2.09. The Hall–Kier alpha value is -1.65. The Morgan fingerprint density at radius 1 is 1.29 bits per heavy atom. The van der Waals surface area contributed by atoms with E-state index in [0.717, 1.165) is 21.8 Å². The summed E-state index contributed by atoms with van der Waals surface area (Å²) in [4.78, 5) is 12.0. The van der Waals surface area contributed by atoms with Gasteiger partial charge in [0, 0.05) is 21.2 Å². The number of hydrogen-bond donors (Lipinski definition) is 1. The fourth-order valence-corrected chi connectivity index (χ4v) is 3.05. The van der Waals surface area contributed by atoms with Crippen LogP contribution in [0.2, 0.25) is 5.02 Å². The third-order valence-corrected chi connectivity index (χ3v) is 4.35. The Kier molecular flexibility index (Phi) is 5.15. The molecule has 2 aromatic carbocycles. The van der Waals surface area contributed by atoms with E-state index >= 15 is 0 Å². The van der Waals surface area contributed by atoms with E-state index in [1.54, 1.807) is 37.9 Å². The molecule has 1 N–H and O–H groups in total. The molecule has 2 rings (SSSR count). The molecular formula is C16H15ClO3S. The van der Waals surface area contributed by atoms with Gasteiger partial charge in [0.15, 0.2) is 0 Å². The summed E-state index contributed by atoms with van der Waals surface area (Å²) in [5, 5.41) is 9.80. The molecule has 5 heteroatoms. The van der Waals surface area contributed by atoms with Gasteiger partial charge >= 0.3 is 5.97 Å². The lowest BCUT2D eigenvalue weighted by molar-refractivity contribution is 0.0696. The summed E-state index contributed by atoms with van der Waals surface area (Å²) in [5.41, 5.74) is 2.07. The van der Waals surface area contributed by atoms with Crippen molar-refractivity contribution in [1.29, 1.82) is 0 Å². The average Bonchev–Trinajstić information content (AvgIpc) is 2.46. The van der Waals surface area contributed by atoms with E-state index in [9.17, 15) is 4.79 Å².